The number of benzene rings is 2. The summed E-state index contributed by atoms with van der Waals surface area (Å²) in [5.41, 5.74) is 1.19. The highest BCUT2D eigenvalue weighted by Gasteiger charge is 2.30. The zero-order valence-corrected chi connectivity index (χ0v) is 16.0. The predicted octanol–water partition coefficient (Wildman–Crippen LogP) is 2.86. The Morgan fingerprint density at radius 3 is 2.64 bits per heavy atom. The van der Waals surface area contributed by atoms with Gasteiger partial charge in [0.05, 0.1) is 0 Å². The Labute approximate surface area is 161 Å². The lowest BCUT2D eigenvalue weighted by Gasteiger charge is -2.20. The second-order valence-electron chi connectivity index (χ2n) is 6.72. The number of hydrogen-bond donors (Lipinski definition) is 0. The monoisotopic (exact) mass is 399 g/mol. The van der Waals surface area contributed by atoms with Crippen LogP contribution in [0, 0.1) is 0 Å². The van der Waals surface area contributed by atoms with E-state index in [1.165, 1.54) is 37.3 Å². The topological polar surface area (TPSA) is 93.9 Å². The number of amides is 1. The van der Waals surface area contributed by atoms with Crippen LogP contribution in [-0.4, -0.2) is 20.4 Å². The van der Waals surface area contributed by atoms with Gasteiger partial charge in [-0.2, -0.15) is 8.42 Å². The Balaban J connectivity index is 1.67. The number of hydrogen-bond acceptors (Lipinski definition) is 6. The molecule has 0 saturated heterocycles. The molecule has 0 radical (unpaired) electrons. The van der Waals surface area contributed by atoms with Gasteiger partial charge in [0.15, 0.2) is 0 Å². The van der Waals surface area contributed by atoms with E-state index in [4.69, 9.17) is 8.60 Å². The molecule has 7 nitrogen and oxygen atoms in total. The van der Waals surface area contributed by atoms with E-state index in [0.717, 1.165) is 5.56 Å². The maximum atomic E-state index is 12.7. The fraction of sp³-hybridized carbons (Fsp3) is 0.200. The number of rotatable bonds is 3. The van der Waals surface area contributed by atoms with Crippen LogP contribution in [-0.2, 0) is 21.3 Å². The summed E-state index contributed by atoms with van der Waals surface area (Å²) in [7, 11) is -4.09. The molecule has 0 spiro atoms. The zero-order valence-electron chi connectivity index (χ0n) is 15.2. The van der Waals surface area contributed by atoms with Crippen molar-refractivity contribution in [1.29, 1.82) is 0 Å². The third kappa shape index (κ3) is 3.16. The molecule has 2 aromatic carbocycles. The summed E-state index contributed by atoms with van der Waals surface area (Å²) in [6, 6.07) is 11.9. The van der Waals surface area contributed by atoms with Gasteiger partial charge >= 0.3 is 15.7 Å². The van der Waals surface area contributed by atoms with E-state index in [-0.39, 0.29) is 28.2 Å². The van der Waals surface area contributed by atoms with Gasteiger partial charge in [-0.25, -0.2) is 4.79 Å². The third-order valence-corrected chi connectivity index (χ3v) is 5.94. The molecule has 8 heteroatoms. The van der Waals surface area contributed by atoms with Gasteiger partial charge in [0.2, 0.25) is 5.91 Å². The average molecular weight is 399 g/mol. The van der Waals surface area contributed by atoms with Gasteiger partial charge in [-0.1, -0.05) is 0 Å². The molecule has 4 rings (SSSR count). The summed E-state index contributed by atoms with van der Waals surface area (Å²) in [5, 5.41) is 0.653. The minimum Gasteiger partial charge on any atom is -0.423 e. The smallest absolute Gasteiger partial charge is 0.339 e. The van der Waals surface area contributed by atoms with Crippen LogP contribution < -0.4 is 14.7 Å². The van der Waals surface area contributed by atoms with Crippen molar-refractivity contribution in [2.45, 2.75) is 31.2 Å². The number of carbonyl (C=O) groups excluding carboxylic acids is 1. The first-order valence-corrected chi connectivity index (χ1v) is 10.1. The molecule has 0 fully saturated rings. The summed E-state index contributed by atoms with van der Waals surface area (Å²) >= 11 is 0. The molecular formula is C20H17NO6S. The first kappa shape index (κ1) is 18.2. The van der Waals surface area contributed by atoms with E-state index in [0.29, 0.717) is 17.5 Å². The fourth-order valence-electron chi connectivity index (χ4n) is 3.51. The third-order valence-electron chi connectivity index (χ3n) is 4.70. The molecular weight excluding hydrogens is 382 g/mol. The van der Waals surface area contributed by atoms with E-state index < -0.39 is 15.7 Å². The lowest BCUT2D eigenvalue weighted by atomic mass is 10.1. The van der Waals surface area contributed by atoms with Crippen LogP contribution in [0.5, 0.6) is 5.75 Å². The van der Waals surface area contributed by atoms with Crippen molar-refractivity contribution in [1.82, 2.24) is 0 Å². The van der Waals surface area contributed by atoms with Crippen molar-refractivity contribution in [3.8, 4) is 5.75 Å². The first-order valence-electron chi connectivity index (χ1n) is 8.66. The number of fused-ring (bicyclic) bond motifs is 2. The summed E-state index contributed by atoms with van der Waals surface area (Å²) in [6.45, 7) is 3.40. The van der Waals surface area contributed by atoms with Crippen LogP contribution in [0.2, 0.25) is 0 Å². The van der Waals surface area contributed by atoms with E-state index in [1.54, 1.807) is 23.1 Å². The summed E-state index contributed by atoms with van der Waals surface area (Å²) in [5.74, 6) is -0.0446. The molecule has 0 bridgehead atoms. The summed E-state index contributed by atoms with van der Waals surface area (Å²) in [4.78, 5) is 24.8. The quantitative estimate of drug-likeness (QED) is 0.497. The number of carbonyl (C=O) groups is 1. The molecule has 1 amide bonds. The fourth-order valence-corrected chi connectivity index (χ4v) is 4.49. The second-order valence-corrected chi connectivity index (χ2v) is 8.27. The lowest BCUT2D eigenvalue weighted by Crippen LogP contribution is -2.33. The SMILES string of the molecule is CC(=O)N1c2ccc(S(=O)(=O)Oc3ccc4ccc(=O)oc4c3)cc2CC1C. The molecule has 2 heterocycles. The van der Waals surface area contributed by atoms with Crippen molar-refractivity contribution in [3.05, 3.63) is 64.5 Å². The first-order chi connectivity index (χ1) is 13.2. The van der Waals surface area contributed by atoms with Gasteiger partial charge in [0.25, 0.3) is 0 Å². The van der Waals surface area contributed by atoms with Crippen LogP contribution in [0.4, 0.5) is 5.69 Å². The van der Waals surface area contributed by atoms with Gasteiger partial charge in [0.1, 0.15) is 16.2 Å². The molecule has 1 aliphatic rings. The number of anilines is 1. The summed E-state index contributed by atoms with van der Waals surface area (Å²) in [6.07, 6.45) is 0.569. The molecule has 1 aromatic heterocycles. The average Bonchev–Trinajstić information content (AvgIpc) is 2.96. The molecule has 28 heavy (non-hydrogen) atoms. The van der Waals surface area contributed by atoms with Gasteiger partial charge < -0.3 is 13.5 Å². The minimum absolute atomic E-state index is 0.00142. The normalized spacial score (nSPS) is 16.2. The van der Waals surface area contributed by atoms with Crippen molar-refractivity contribution >= 4 is 32.7 Å². The van der Waals surface area contributed by atoms with Crippen LogP contribution in [0.3, 0.4) is 0 Å². The van der Waals surface area contributed by atoms with E-state index in [9.17, 15) is 18.0 Å². The highest BCUT2D eigenvalue weighted by molar-refractivity contribution is 7.87. The molecule has 144 valence electrons. The lowest BCUT2D eigenvalue weighted by molar-refractivity contribution is -0.116. The van der Waals surface area contributed by atoms with Crippen LogP contribution in [0.25, 0.3) is 11.0 Å². The maximum Gasteiger partial charge on any atom is 0.339 e. The van der Waals surface area contributed by atoms with Crippen molar-refractivity contribution in [2.75, 3.05) is 4.90 Å². The Kier molecular flexibility index (Phi) is 4.23. The van der Waals surface area contributed by atoms with Gasteiger partial charge in [-0.05, 0) is 55.3 Å². The molecule has 3 aromatic rings. The predicted molar refractivity (Wildman–Crippen MR) is 103 cm³/mol. The van der Waals surface area contributed by atoms with E-state index in [1.807, 2.05) is 6.92 Å². The second kappa shape index (κ2) is 6.49. The molecule has 0 aliphatic carbocycles. The Bertz CT molecular complexity index is 1260. The minimum atomic E-state index is -4.09. The summed E-state index contributed by atoms with van der Waals surface area (Å²) < 4.78 is 35.7. The van der Waals surface area contributed by atoms with Crippen LogP contribution >= 0.6 is 0 Å². The highest BCUT2D eigenvalue weighted by atomic mass is 32.2. The Hall–Kier alpha value is -3.13. The molecule has 1 unspecified atom stereocenters. The molecule has 0 saturated carbocycles. The largest absolute Gasteiger partial charge is 0.423 e. The van der Waals surface area contributed by atoms with Crippen LogP contribution in [0.15, 0.2) is 62.6 Å². The standard InChI is InChI=1S/C20H17NO6S/c1-12-9-15-10-17(6-7-18(15)21(12)13(2)22)28(24,25)27-16-5-3-14-4-8-20(23)26-19(14)11-16/h3-8,10-12H,9H2,1-2H3. The van der Waals surface area contributed by atoms with Crippen LogP contribution in [0.1, 0.15) is 19.4 Å². The van der Waals surface area contributed by atoms with Crippen molar-refractivity contribution < 1.29 is 21.8 Å². The van der Waals surface area contributed by atoms with Gasteiger partial charge in [-0.15, -0.1) is 0 Å². The van der Waals surface area contributed by atoms with E-state index >= 15 is 0 Å². The Morgan fingerprint density at radius 1 is 1.14 bits per heavy atom. The van der Waals surface area contributed by atoms with Gasteiger partial charge in [0, 0.05) is 36.2 Å². The van der Waals surface area contributed by atoms with Crippen molar-refractivity contribution in [3.63, 3.8) is 0 Å². The van der Waals surface area contributed by atoms with E-state index in [2.05, 4.69) is 0 Å². The molecule has 1 atom stereocenters. The molecule has 1 aliphatic heterocycles. The number of nitrogens with zero attached hydrogens (tertiary/aromatic N) is 1. The van der Waals surface area contributed by atoms with Gasteiger partial charge in [-0.3, -0.25) is 4.79 Å². The van der Waals surface area contributed by atoms with Crippen molar-refractivity contribution in [2.24, 2.45) is 0 Å². The highest BCUT2D eigenvalue weighted by Crippen LogP contribution is 2.34. The zero-order chi connectivity index (χ0) is 20.1. The Morgan fingerprint density at radius 2 is 1.89 bits per heavy atom. The molecule has 0 N–H and O–H groups in total. The maximum absolute atomic E-state index is 12.7.